The van der Waals surface area contributed by atoms with Gasteiger partial charge >= 0.3 is 0 Å². The van der Waals surface area contributed by atoms with Crippen LogP contribution in [0.25, 0.3) is 0 Å². The molecule has 1 amide bonds. The summed E-state index contributed by atoms with van der Waals surface area (Å²) in [4.78, 5) is 16.7. The topological polar surface area (TPSA) is 59.4 Å². The number of piperazine rings is 1. The van der Waals surface area contributed by atoms with Gasteiger partial charge < -0.3 is 15.1 Å². The first-order valence-electron chi connectivity index (χ1n) is 8.79. The Hall–Kier alpha value is -2.97. The number of carbonyl (C=O) groups is 1. The van der Waals surface area contributed by atoms with Crippen LogP contribution in [-0.4, -0.2) is 37.0 Å². The number of nitrogens with one attached hydrogen (secondary N) is 1. The molecule has 6 heteroatoms. The minimum atomic E-state index is -0.430. The third-order valence-electron chi connectivity index (χ3n) is 4.44. The van der Waals surface area contributed by atoms with Gasteiger partial charge in [0.1, 0.15) is 11.6 Å². The van der Waals surface area contributed by atoms with Gasteiger partial charge in [0.25, 0.3) is 5.91 Å². The zero-order valence-electron chi connectivity index (χ0n) is 15.2. The molecule has 2 aromatic rings. The number of aryl methyl sites for hydroxylation is 1. The molecule has 3 rings (SSSR count). The lowest BCUT2D eigenvalue weighted by molar-refractivity contribution is -0.112. The lowest BCUT2D eigenvalue weighted by atomic mass is 10.2. The third kappa shape index (κ3) is 5.02. The van der Waals surface area contributed by atoms with Gasteiger partial charge in [-0.05, 0) is 42.8 Å². The van der Waals surface area contributed by atoms with E-state index in [1.54, 1.807) is 30.5 Å². The van der Waals surface area contributed by atoms with Gasteiger partial charge in [-0.15, -0.1) is 0 Å². The molecule has 0 aliphatic carbocycles. The average Bonchev–Trinajstić information content (AvgIpc) is 2.66. The molecule has 1 aliphatic heterocycles. The van der Waals surface area contributed by atoms with Gasteiger partial charge in [-0.2, -0.15) is 5.26 Å². The number of hydrogen-bond donors (Lipinski definition) is 1. The molecule has 0 radical (unpaired) electrons. The molecule has 1 heterocycles. The quantitative estimate of drug-likeness (QED) is 0.647. The predicted molar refractivity (Wildman–Crippen MR) is 109 cm³/mol. The van der Waals surface area contributed by atoms with Gasteiger partial charge in [-0.1, -0.05) is 29.8 Å². The highest BCUT2D eigenvalue weighted by atomic mass is 35.5. The fourth-order valence-electron chi connectivity index (χ4n) is 3.02. The van der Waals surface area contributed by atoms with Crippen molar-refractivity contribution in [1.82, 2.24) is 4.90 Å². The number of halogens is 1. The van der Waals surface area contributed by atoms with Crippen LogP contribution >= 0.6 is 11.6 Å². The molecule has 0 atom stereocenters. The van der Waals surface area contributed by atoms with Crippen molar-refractivity contribution in [3.05, 3.63) is 70.9 Å². The van der Waals surface area contributed by atoms with Gasteiger partial charge in [-0.25, -0.2) is 0 Å². The normalized spacial score (nSPS) is 14.6. The molecule has 2 aromatic carbocycles. The maximum Gasteiger partial charge on any atom is 0.267 e. The Balaban J connectivity index is 1.61. The molecule has 0 saturated carbocycles. The fourth-order valence-corrected chi connectivity index (χ4v) is 3.21. The Morgan fingerprint density at radius 1 is 1.15 bits per heavy atom. The first-order valence-corrected chi connectivity index (χ1v) is 9.17. The number of anilines is 2. The highest BCUT2D eigenvalue weighted by Gasteiger charge is 2.18. The highest BCUT2D eigenvalue weighted by Crippen LogP contribution is 2.19. The van der Waals surface area contributed by atoms with E-state index in [0.717, 1.165) is 26.2 Å². The number of rotatable bonds is 4. The van der Waals surface area contributed by atoms with Crippen LogP contribution in [0.5, 0.6) is 0 Å². The molecule has 0 aromatic heterocycles. The largest absolute Gasteiger partial charge is 0.373 e. The predicted octanol–water partition coefficient (Wildman–Crippen LogP) is 3.82. The Morgan fingerprint density at radius 3 is 2.56 bits per heavy atom. The van der Waals surface area contributed by atoms with E-state index >= 15 is 0 Å². The van der Waals surface area contributed by atoms with Crippen LogP contribution in [0.3, 0.4) is 0 Å². The standard InChI is InChI=1S/C21H21ClN4O/c1-16-4-2-7-20(12-16)26-10-8-25(9-11-26)15-17(14-23)21(27)24-19-6-3-5-18(22)13-19/h2-7,12-13,15H,8-11H2,1H3,(H,24,27)/b17-15-. The smallest absolute Gasteiger partial charge is 0.267 e. The van der Waals surface area contributed by atoms with E-state index in [4.69, 9.17) is 11.6 Å². The van der Waals surface area contributed by atoms with Crippen molar-refractivity contribution in [2.45, 2.75) is 6.92 Å². The summed E-state index contributed by atoms with van der Waals surface area (Å²) in [5, 5.41) is 12.6. The number of nitrogens with zero attached hydrogens (tertiary/aromatic N) is 3. The fraction of sp³-hybridized carbons (Fsp3) is 0.238. The maximum atomic E-state index is 12.4. The zero-order valence-corrected chi connectivity index (χ0v) is 15.9. The van der Waals surface area contributed by atoms with E-state index in [1.807, 2.05) is 11.0 Å². The second-order valence-corrected chi connectivity index (χ2v) is 6.92. The number of amides is 1. The van der Waals surface area contributed by atoms with E-state index < -0.39 is 5.91 Å². The third-order valence-corrected chi connectivity index (χ3v) is 4.68. The van der Waals surface area contributed by atoms with E-state index in [1.165, 1.54) is 11.3 Å². The van der Waals surface area contributed by atoms with Gasteiger partial charge in [0.05, 0.1) is 0 Å². The van der Waals surface area contributed by atoms with Crippen LogP contribution in [0.4, 0.5) is 11.4 Å². The monoisotopic (exact) mass is 380 g/mol. The summed E-state index contributed by atoms with van der Waals surface area (Å²) in [6.45, 7) is 5.27. The van der Waals surface area contributed by atoms with Crippen LogP contribution < -0.4 is 10.2 Å². The van der Waals surface area contributed by atoms with E-state index in [9.17, 15) is 10.1 Å². The average molecular weight is 381 g/mol. The molecule has 5 nitrogen and oxygen atoms in total. The summed E-state index contributed by atoms with van der Waals surface area (Å²) < 4.78 is 0. The lowest BCUT2D eigenvalue weighted by Gasteiger charge is -2.35. The first kappa shape index (κ1) is 18.8. The number of benzene rings is 2. The Bertz CT molecular complexity index is 895. The van der Waals surface area contributed by atoms with Crippen molar-refractivity contribution in [3.8, 4) is 6.07 Å². The highest BCUT2D eigenvalue weighted by molar-refractivity contribution is 6.31. The van der Waals surface area contributed by atoms with Gasteiger partial charge in [0.2, 0.25) is 0 Å². The lowest BCUT2D eigenvalue weighted by Crippen LogP contribution is -2.44. The first-order chi connectivity index (χ1) is 13.0. The van der Waals surface area contributed by atoms with Crippen LogP contribution in [0.15, 0.2) is 60.3 Å². The molecule has 0 spiro atoms. The second kappa shape index (κ2) is 8.61. The van der Waals surface area contributed by atoms with Crippen molar-refractivity contribution in [3.63, 3.8) is 0 Å². The Labute approximate surface area is 164 Å². The summed E-state index contributed by atoms with van der Waals surface area (Å²) in [5.41, 5.74) is 3.09. The molecule has 1 fully saturated rings. The van der Waals surface area contributed by atoms with Crippen molar-refractivity contribution in [2.24, 2.45) is 0 Å². The van der Waals surface area contributed by atoms with E-state index in [-0.39, 0.29) is 5.57 Å². The van der Waals surface area contributed by atoms with Crippen molar-refractivity contribution in [1.29, 1.82) is 5.26 Å². The Morgan fingerprint density at radius 2 is 1.89 bits per heavy atom. The number of nitriles is 1. The summed E-state index contributed by atoms with van der Waals surface area (Å²) in [5.74, 6) is -0.430. The molecule has 1 aliphatic rings. The van der Waals surface area contributed by atoms with Crippen molar-refractivity contribution < 1.29 is 4.79 Å². The van der Waals surface area contributed by atoms with E-state index in [0.29, 0.717) is 10.7 Å². The summed E-state index contributed by atoms with van der Waals surface area (Å²) >= 11 is 5.93. The second-order valence-electron chi connectivity index (χ2n) is 6.48. The van der Waals surface area contributed by atoms with Crippen molar-refractivity contribution in [2.75, 3.05) is 36.4 Å². The molecule has 1 N–H and O–H groups in total. The molecule has 0 bridgehead atoms. The molecular formula is C21H21ClN4O. The summed E-state index contributed by atoms with van der Waals surface area (Å²) in [7, 11) is 0. The molecule has 27 heavy (non-hydrogen) atoms. The van der Waals surface area contributed by atoms with Gasteiger partial charge in [-0.3, -0.25) is 4.79 Å². The van der Waals surface area contributed by atoms with Crippen LogP contribution in [0.1, 0.15) is 5.56 Å². The molecule has 138 valence electrons. The minimum absolute atomic E-state index is 0.0824. The van der Waals surface area contributed by atoms with Crippen molar-refractivity contribution >= 4 is 28.9 Å². The SMILES string of the molecule is Cc1cccc(N2CCN(/C=C(/C#N)C(=O)Nc3cccc(Cl)c3)CC2)c1. The number of carbonyl (C=O) groups excluding carboxylic acids is 1. The maximum absolute atomic E-state index is 12.4. The van der Waals surface area contributed by atoms with Gasteiger partial charge in [0, 0.05) is 48.8 Å². The summed E-state index contributed by atoms with van der Waals surface area (Å²) in [6, 6.07) is 17.3. The number of hydrogen-bond acceptors (Lipinski definition) is 4. The zero-order chi connectivity index (χ0) is 19.2. The minimum Gasteiger partial charge on any atom is -0.373 e. The molecule has 0 unspecified atom stereocenters. The summed E-state index contributed by atoms with van der Waals surface area (Å²) in [6.07, 6.45) is 1.65. The van der Waals surface area contributed by atoms with Crippen LogP contribution in [0.2, 0.25) is 5.02 Å². The van der Waals surface area contributed by atoms with E-state index in [2.05, 4.69) is 41.4 Å². The molecule has 1 saturated heterocycles. The van der Waals surface area contributed by atoms with Gasteiger partial charge in [0.15, 0.2) is 0 Å². The van der Waals surface area contributed by atoms with Crippen LogP contribution in [-0.2, 0) is 4.79 Å². The molecular weight excluding hydrogens is 360 g/mol. The Kier molecular flexibility index (Phi) is 6.00. The van der Waals surface area contributed by atoms with Crippen LogP contribution in [0, 0.1) is 18.3 Å².